The summed E-state index contributed by atoms with van der Waals surface area (Å²) in [7, 11) is 2.12. The molecule has 14 heteroatoms. The Hall–Kier alpha value is -5.45. The molecular formula is C27H26N6O8. The van der Waals surface area contributed by atoms with Gasteiger partial charge in [-0.25, -0.2) is 9.59 Å². The lowest BCUT2D eigenvalue weighted by Crippen LogP contribution is -2.41. The largest absolute Gasteiger partial charge is 0.466 e. The summed E-state index contributed by atoms with van der Waals surface area (Å²) >= 11 is 0. The second-order valence-electron chi connectivity index (χ2n) is 9.23. The summed E-state index contributed by atoms with van der Waals surface area (Å²) in [5.74, 6) is -3.68. The Morgan fingerprint density at radius 3 is 2.07 bits per heavy atom. The number of nitriles is 1. The molecule has 1 atom stereocenters. The van der Waals surface area contributed by atoms with E-state index in [1.165, 1.54) is 6.07 Å². The van der Waals surface area contributed by atoms with Crippen LogP contribution in [0.25, 0.3) is 0 Å². The van der Waals surface area contributed by atoms with Crippen LogP contribution in [-0.4, -0.2) is 49.1 Å². The number of rotatable bonds is 7. The van der Waals surface area contributed by atoms with E-state index in [0.29, 0.717) is 18.7 Å². The number of allylic oxidation sites excluding steroid dienone is 1. The SMILES string of the molecule is COC(=O)C1=C(C(=O)OC)N(c2cc(N3CCCCC3)c([N+](=O)[O-])cc2[N+](=O)[O-])C(N)=C(C#N)C1c1ccccc1. The molecule has 14 nitrogen and oxygen atoms in total. The fourth-order valence-corrected chi connectivity index (χ4v) is 5.18. The van der Waals surface area contributed by atoms with Crippen molar-refractivity contribution < 1.29 is 28.9 Å². The molecule has 2 heterocycles. The van der Waals surface area contributed by atoms with Gasteiger partial charge in [-0.2, -0.15) is 5.26 Å². The van der Waals surface area contributed by atoms with Crippen LogP contribution in [0.3, 0.4) is 0 Å². The third-order valence-electron chi connectivity index (χ3n) is 7.01. The molecule has 1 fully saturated rings. The van der Waals surface area contributed by atoms with Crippen LogP contribution in [0.4, 0.5) is 22.7 Å². The van der Waals surface area contributed by atoms with Gasteiger partial charge in [0.15, 0.2) is 0 Å². The van der Waals surface area contributed by atoms with E-state index in [4.69, 9.17) is 15.2 Å². The number of nitrogens with two attached hydrogens (primary N) is 1. The maximum Gasteiger partial charge on any atom is 0.355 e. The molecule has 0 spiro atoms. The molecule has 0 aliphatic carbocycles. The summed E-state index contributed by atoms with van der Waals surface area (Å²) < 4.78 is 9.97. The molecule has 2 aliphatic rings. The number of hydrogen-bond acceptors (Lipinski definition) is 12. The number of nitro groups is 2. The van der Waals surface area contributed by atoms with E-state index in [9.17, 15) is 35.1 Å². The van der Waals surface area contributed by atoms with Gasteiger partial charge in [0.2, 0.25) is 0 Å². The highest BCUT2D eigenvalue weighted by Crippen LogP contribution is 2.48. The minimum atomic E-state index is -1.18. The summed E-state index contributed by atoms with van der Waals surface area (Å²) in [4.78, 5) is 52.0. The van der Waals surface area contributed by atoms with E-state index in [-0.39, 0.29) is 22.5 Å². The number of anilines is 2. The number of methoxy groups -OCH3 is 2. The molecule has 0 amide bonds. The van der Waals surface area contributed by atoms with Gasteiger partial charge in [0, 0.05) is 13.1 Å². The average Bonchev–Trinajstić information content (AvgIpc) is 2.99. The Morgan fingerprint density at radius 1 is 0.951 bits per heavy atom. The van der Waals surface area contributed by atoms with Gasteiger partial charge in [-0.1, -0.05) is 30.3 Å². The van der Waals surface area contributed by atoms with Crippen molar-refractivity contribution >= 4 is 34.7 Å². The molecule has 0 radical (unpaired) electrons. The van der Waals surface area contributed by atoms with Crippen molar-refractivity contribution in [3.8, 4) is 6.07 Å². The standard InChI is InChI=1S/C27H26N6O8/c1-40-26(34)23-22(16-9-5-3-6-10-16)17(15-28)25(29)31(24(23)27(35)41-2)19-13-18(30-11-7-4-8-12-30)20(32(36)37)14-21(19)33(38)39/h3,5-6,9-10,13-14,22H,4,7-8,11-12,29H2,1-2H3. The summed E-state index contributed by atoms with van der Waals surface area (Å²) in [6.07, 6.45) is 2.40. The molecule has 0 saturated carbocycles. The predicted molar refractivity (Wildman–Crippen MR) is 145 cm³/mol. The average molecular weight is 563 g/mol. The van der Waals surface area contributed by atoms with Crippen molar-refractivity contribution in [2.75, 3.05) is 37.1 Å². The zero-order chi connectivity index (χ0) is 29.8. The molecule has 0 aromatic heterocycles. The number of nitrogens with zero attached hydrogens (tertiary/aromatic N) is 5. The van der Waals surface area contributed by atoms with Crippen molar-refractivity contribution in [2.45, 2.75) is 25.2 Å². The zero-order valence-electron chi connectivity index (χ0n) is 22.2. The first-order chi connectivity index (χ1) is 19.7. The number of carbonyl (C=O) groups excluding carboxylic acids is 2. The second-order valence-corrected chi connectivity index (χ2v) is 9.23. The molecule has 41 heavy (non-hydrogen) atoms. The minimum Gasteiger partial charge on any atom is -0.466 e. The molecule has 0 bridgehead atoms. The number of ether oxygens (including phenoxy) is 2. The van der Waals surface area contributed by atoms with Crippen LogP contribution in [0.15, 0.2) is 65.1 Å². The zero-order valence-corrected chi connectivity index (χ0v) is 22.2. The molecule has 2 aromatic rings. The highest BCUT2D eigenvalue weighted by Gasteiger charge is 2.45. The fraction of sp³-hybridized carbons (Fsp3) is 0.296. The molecule has 4 rings (SSSR count). The molecular weight excluding hydrogens is 536 g/mol. The van der Waals surface area contributed by atoms with Crippen molar-refractivity contribution in [3.05, 3.63) is 90.9 Å². The smallest absolute Gasteiger partial charge is 0.355 e. The Kier molecular flexibility index (Phi) is 8.18. The van der Waals surface area contributed by atoms with E-state index in [1.54, 1.807) is 35.2 Å². The van der Waals surface area contributed by atoms with Gasteiger partial charge in [0.1, 0.15) is 22.9 Å². The Labute approximate surface area is 234 Å². The van der Waals surface area contributed by atoms with Crippen molar-refractivity contribution in [1.82, 2.24) is 0 Å². The van der Waals surface area contributed by atoms with E-state index in [1.807, 2.05) is 6.07 Å². The normalized spacial score (nSPS) is 17.1. The first kappa shape index (κ1) is 28.6. The lowest BCUT2D eigenvalue weighted by atomic mass is 9.81. The van der Waals surface area contributed by atoms with Gasteiger partial charge >= 0.3 is 11.9 Å². The molecule has 1 unspecified atom stereocenters. The van der Waals surface area contributed by atoms with Crippen LogP contribution in [-0.2, 0) is 19.1 Å². The third-order valence-corrected chi connectivity index (χ3v) is 7.01. The van der Waals surface area contributed by atoms with Crippen molar-refractivity contribution in [3.63, 3.8) is 0 Å². The highest BCUT2D eigenvalue weighted by atomic mass is 16.6. The van der Waals surface area contributed by atoms with E-state index in [2.05, 4.69) is 0 Å². The van der Waals surface area contributed by atoms with Gasteiger partial charge < -0.3 is 20.1 Å². The van der Waals surface area contributed by atoms with E-state index >= 15 is 0 Å². The van der Waals surface area contributed by atoms with Crippen LogP contribution >= 0.6 is 0 Å². The molecule has 2 N–H and O–H groups in total. The topological polar surface area (TPSA) is 195 Å². The lowest BCUT2D eigenvalue weighted by molar-refractivity contribution is -0.393. The quantitative estimate of drug-likeness (QED) is 0.294. The molecule has 212 valence electrons. The highest BCUT2D eigenvalue weighted by molar-refractivity contribution is 6.07. The van der Waals surface area contributed by atoms with Gasteiger partial charge in [0.05, 0.1) is 53.3 Å². The van der Waals surface area contributed by atoms with Gasteiger partial charge in [-0.3, -0.25) is 25.1 Å². The number of piperidine rings is 1. The first-order valence-electron chi connectivity index (χ1n) is 12.5. The third kappa shape index (κ3) is 5.12. The first-order valence-corrected chi connectivity index (χ1v) is 12.5. The maximum absolute atomic E-state index is 13.4. The Morgan fingerprint density at radius 2 is 1.54 bits per heavy atom. The Balaban J connectivity index is 2.13. The summed E-state index contributed by atoms with van der Waals surface area (Å²) in [5, 5.41) is 34.5. The van der Waals surface area contributed by atoms with Crippen molar-refractivity contribution in [2.24, 2.45) is 5.73 Å². The number of benzene rings is 2. The lowest BCUT2D eigenvalue weighted by Gasteiger charge is -2.36. The van der Waals surface area contributed by atoms with Crippen LogP contribution in [0.2, 0.25) is 0 Å². The molecule has 2 aliphatic heterocycles. The number of esters is 2. The summed E-state index contributed by atoms with van der Waals surface area (Å²) in [5.41, 5.74) is 4.26. The predicted octanol–water partition coefficient (Wildman–Crippen LogP) is 3.39. The van der Waals surface area contributed by atoms with Crippen LogP contribution in [0, 0.1) is 31.6 Å². The van der Waals surface area contributed by atoms with Crippen LogP contribution in [0.5, 0.6) is 0 Å². The second kappa shape index (κ2) is 11.7. The molecule has 2 aromatic carbocycles. The van der Waals surface area contributed by atoms with Gasteiger partial charge in [0.25, 0.3) is 11.4 Å². The van der Waals surface area contributed by atoms with E-state index in [0.717, 1.165) is 44.4 Å². The van der Waals surface area contributed by atoms with Crippen molar-refractivity contribution in [1.29, 1.82) is 5.26 Å². The molecule has 1 saturated heterocycles. The van der Waals surface area contributed by atoms with Crippen LogP contribution < -0.4 is 15.5 Å². The number of carbonyl (C=O) groups is 2. The Bertz CT molecular complexity index is 1520. The van der Waals surface area contributed by atoms with Crippen LogP contribution in [0.1, 0.15) is 30.7 Å². The maximum atomic E-state index is 13.4. The fourth-order valence-electron chi connectivity index (χ4n) is 5.18. The summed E-state index contributed by atoms with van der Waals surface area (Å²) in [6, 6.07) is 12.2. The summed E-state index contributed by atoms with van der Waals surface area (Å²) in [6.45, 7) is 0.909. The monoisotopic (exact) mass is 562 g/mol. The minimum absolute atomic E-state index is 0.0654. The van der Waals surface area contributed by atoms with Gasteiger partial charge in [-0.15, -0.1) is 0 Å². The van der Waals surface area contributed by atoms with Gasteiger partial charge in [-0.05, 0) is 30.9 Å². The van der Waals surface area contributed by atoms with E-state index < -0.39 is 50.6 Å². The number of nitro benzene ring substituents is 2. The number of hydrogen-bond donors (Lipinski definition) is 1.